The molecule has 2 heteroatoms. The van der Waals surface area contributed by atoms with Gasteiger partial charge in [0.2, 0.25) is 0 Å². The van der Waals surface area contributed by atoms with Gasteiger partial charge in [0.05, 0.1) is 17.0 Å². The van der Waals surface area contributed by atoms with Gasteiger partial charge in [-0.2, -0.15) is 0 Å². The Morgan fingerprint density at radius 2 is 1.35 bits per heavy atom. The van der Waals surface area contributed by atoms with E-state index >= 15 is 0 Å². The second-order valence-electron chi connectivity index (χ2n) is 7.19. The summed E-state index contributed by atoms with van der Waals surface area (Å²) in [6, 6.07) is 16.0. The predicted octanol–water partition coefficient (Wildman–Crippen LogP) is 4.78. The highest BCUT2D eigenvalue weighted by Gasteiger charge is 2.39. The van der Waals surface area contributed by atoms with E-state index in [4.69, 9.17) is 0 Å². The van der Waals surface area contributed by atoms with Crippen LogP contribution < -0.4 is 0 Å². The van der Waals surface area contributed by atoms with Crippen molar-refractivity contribution in [3.63, 3.8) is 0 Å². The van der Waals surface area contributed by atoms with Crippen LogP contribution in [0.2, 0.25) is 0 Å². The smallest absolute Gasteiger partial charge is 0.293 e. The van der Waals surface area contributed by atoms with Gasteiger partial charge < -0.3 is 0 Å². The van der Waals surface area contributed by atoms with Crippen LogP contribution in [0.1, 0.15) is 33.0 Å². The van der Waals surface area contributed by atoms with Gasteiger partial charge in [-0.1, -0.05) is 60.7 Å². The zero-order valence-corrected chi connectivity index (χ0v) is 13.9. The highest BCUT2D eigenvalue weighted by atomic mass is 16.1. The van der Waals surface area contributed by atoms with E-state index in [2.05, 4.69) is 12.1 Å². The van der Waals surface area contributed by atoms with Gasteiger partial charge in [-0.25, -0.2) is 0 Å². The quantitative estimate of drug-likeness (QED) is 0.426. The van der Waals surface area contributed by atoms with Crippen LogP contribution in [0.4, 0.5) is 0 Å². The predicted molar refractivity (Wildman–Crippen MR) is 103 cm³/mol. The van der Waals surface area contributed by atoms with Gasteiger partial charge in [0.25, 0.3) is 0 Å². The fourth-order valence-electron chi connectivity index (χ4n) is 4.83. The number of carbonyl (C=O) groups excluding carboxylic acids is 2. The highest BCUT2D eigenvalue weighted by molar-refractivity contribution is 6.29. The number of carbonyl (C=O) groups is 1. The van der Waals surface area contributed by atoms with Crippen molar-refractivity contribution >= 4 is 22.3 Å². The van der Waals surface area contributed by atoms with Gasteiger partial charge in [0, 0.05) is 16.9 Å². The maximum Gasteiger partial charge on any atom is 0.355 e. The van der Waals surface area contributed by atoms with Crippen molar-refractivity contribution in [2.45, 2.75) is 5.92 Å². The molecule has 0 fully saturated rings. The number of Topliss-reactive ketones (excluding diaryl/α,β-unsaturated/α-hetero) is 1. The Bertz CT molecular complexity index is 1230. The second-order valence-corrected chi connectivity index (χ2v) is 7.19. The van der Waals surface area contributed by atoms with Crippen LogP contribution in [0.5, 0.6) is 0 Å². The molecule has 0 saturated heterocycles. The lowest BCUT2D eigenvalue weighted by molar-refractivity contribution is 0.0934. The molecule has 3 aromatic rings. The number of benzene rings is 3. The minimum atomic E-state index is -0.125. The molecule has 0 aromatic heterocycles. The average molecular weight is 335 g/mol. The molecule has 2 unspecified atom stereocenters. The van der Waals surface area contributed by atoms with E-state index in [1.165, 1.54) is 5.56 Å². The summed E-state index contributed by atoms with van der Waals surface area (Å²) in [5.41, 5.74) is 5.74. The lowest BCUT2D eigenvalue weighted by Gasteiger charge is -2.32. The standard InChI is InChI=1S/C24H14O2/c25-23-17-7-3-1-5-13(17)15-9-11-20-22-16(10-12-19(23)21(15)22)14-6-2-4-8-18(14)24(20)26/h1-13,17H/p+1. The normalized spacial score (nSPS) is 21.7. The first kappa shape index (κ1) is 14.0. The molecule has 0 saturated carbocycles. The number of hydrogen-bond acceptors (Lipinski definition) is 1. The largest absolute Gasteiger partial charge is 0.355 e. The molecular formula is C24H15O2+. The Morgan fingerprint density at radius 3 is 2.19 bits per heavy atom. The van der Waals surface area contributed by atoms with E-state index in [1.807, 2.05) is 60.7 Å². The van der Waals surface area contributed by atoms with Crippen LogP contribution in [0.25, 0.3) is 21.9 Å². The topological polar surface area (TPSA) is 38.5 Å². The van der Waals surface area contributed by atoms with Crippen molar-refractivity contribution in [1.82, 2.24) is 0 Å². The van der Waals surface area contributed by atoms with Gasteiger partial charge in [0.15, 0.2) is 5.78 Å². The minimum absolute atomic E-state index is 0.0728. The maximum absolute atomic E-state index is 13.1. The molecule has 1 N–H and O–H groups in total. The second kappa shape index (κ2) is 4.67. The SMILES string of the molecule is O=C1c2ccc3c4c(ccc(c24)C2C=CC=CC12)C(=[OH+])c1ccccc1-3. The molecule has 3 aliphatic carbocycles. The molecule has 0 heterocycles. The molecule has 0 radical (unpaired) electrons. The van der Waals surface area contributed by atoms with Crippen LogP contribution in [0.3, 0.4) is 0 Å². The lowest BCUT2D eigenvalue weighted by atomic mass is 9.69. The van der Waals surface area contributed by atoms with Gasteiger partial charge in [0.1, 0.15) is 0 Å². The number of hydrogen-bond donors (Lipinski definition) is 0. The van der Waals surface area contributed by atoms with E-state index in [-0.39, 0.29) is 17.6 Å². The van der Waals surface area contributed by atoms with E-state index in [0.29, 0.717) is 5.78 Å². The van der Waals surface area contributed by atoms with Crippen LogP contribution >= 0.6 is 0 Å². The zero-order chi connectivity index (χ0) is 17.4. The van der Waals surface area contributed by atoms with Gasteiger partial charge >= 0.3 is 5.78 Å². The van der Waals surface area contributed by atoms with Crippen LogP contribution in [-0.4, -0.2) is 16.4 Å². The lowest BCUT2D eigenvalue weighted by Crippen LogP contribution is -2.27. The van der Waals surface area contributed by atoms with Crippen molar-refractivity contribution in [3.8, 4) is 11.1 Å². The summed E-state index contributed by atoms with van der Waals surface area (Å²) in [5.74, 6) is 0.416. The molecule has 2 atom stereocenters. The first-order valence-electron chi connectivity index (χ1n) is 8.90. The summed E-state index contributed by atoms with van der Waals surface area (Å²) in [6.07, 6.45) is 8.11. The van der Waals surface area contributed by atoms with Gasteiger partial charge in [-0.05, 0) is 34.2 Å². The van der Waals surface area contributed by atoms with Crippen molar-refractivity contribution in [2.75, 3.05) is 0 Å². The molecule has 0 spiro atoms. The number of fused-ring (bicyclic) bond motifs is 4. The molecule has 0 aliphatic heterocycles. The van der Waals surface area contributed by atoms with Crippen molar-refractivity contribution in [1.29, 1.82) is 0 Å². The van der Waals surface area contributed by atoms with E-state index < -0.39 is 0 Å². The van der Waals surface area contributed by atoms with Crippen LogP contribution in [0.15, 0.2) is 72.8 Å². The molecule has 2 nitrogen and oxygen atoms in total. The summed E-state index contributed by atoms with van der Waals surface area (Å²) >= 11 is 0. The molecule has 3 aliphatic rings. The third kappa shape index (κ3) is 1.53. The third-order valence-electron chi connectivity index (χ3n) is 5.98. The van der Waals surface area contributed by atoms with Gasteiger partial charge in [-0.3, -0.25) is 9.59 Å². The maximum atomic E-state index is 13.1. The Morgan fingerprint density at radius 1 is 0.654 bits per heavy atom. The molecule has 26 heavy (non-hydrogen) atoms. The average Bonchev–Trinajstić information content (AvgIpc) is 2.70. The first-order chi connectivity index (χ1) is 12.8. The Kier molecular flexibility index (Phi) is 2.51. The van der Waals surface area contributed by atoms with Crippen LogP contribution in [0, 0.1) is 5.92 Å². The monoisotopic (exact) mass is 335 g/mol. The molecule has 6 rings (SSSR count). The number of rotatable bonds is 0. The number of ketones is 2. The highest BCUT2D eigenvalue weighted by Crippen LogP contribution is 2.48. The summed E-state index contributed by atoms with van der Waals surface area (Å²) in [7, 11) is 0. The van der Waals surface area contributed by atoms with Crippen LogP contribution in [-0.2, 0) is 0 Å². The summed E-state index contributed by atoms with van der Waals surface area (Å²) in [6.45, 7) is 0. The third-order valence-corrected chi connectivity index (χ3v) is 5.98. The Hall–Kier alpha value is -3.26. The van der Waals surface area contributed by atoms with E-state index in [0.717, 1.165) is 38.6 Å². The summed E-state index contributed by atoms with van der Waals surface area (Å²) in [5, 5.41) is 2.01. The molecule has 0 amide bonds. The Labute approximate surface area is 150 Å². The van der Waals surface area contributed by atoms with E-state index in [1.54, 1.807) is 0 Å². The molecule has 3 aromatic carbocycles. The van der Waals surface area contributed by atoms with Crippen molar-refractivity contribution in [3.05, 3.63) is 95.1 Å². The van der Waals surface area contributed by atoms with E-state index in [9.17, 15) is 9.59 Å². The first-order valence-corrected chi connectivity index (χ1v) is 8.90. The minimum Gasteiger partial charge on any atom is -0.293 e. The summed E-state index contributed by atoms with van der Waals surface area (Å²) < 4.78 is 0. The molecular weight excluding hydrogens is 320 g/mol. The summed E-state index contributed by atoms with van der Waals surface area (Å²) in [4.78, 5) is 24.0. The fourth-order valence-corrected chi connectivity index (χ4v) is 4.83. The Balaban J connectivity index is 1.79. The zero-order valence-electron chi connectivity index (χ0n) is 13.9. The molecule has 122 valence electrons. The molecule has 0 bridgehead atoms. The van der Waals surface area contributed by atoms with Crippen molar-refractivity contribution < 1.29 is 9.59 Å². The van der Waals surface area contributed by atoms with Crippen molar-refractivity contribution in [2.24, 2.45) is 5.92 Å². The number of allylic oxidation sites excluding steroid dienone is 4. The fraction of sp³-hybridized carbons (Fsp3) is 0.0833. The van der Waals surface area contributed by atoms with Gasteiger partial charge in [-0.15, -0.1) is 0 Å².